The Balaban J connectivity index is 1.28. The Morgan fingerprint density at radius 3 is 2.46 bits per heavy atom. The molecule has 0 aromatic heterocycles. The van der Waals surface area contributed by atoms with Crippen LogP contribution in [0.3, 0.4) is 0 Å². The second-order valence-corrected chi connectivity index (χ2v) is 11.5. The van der Waals surface area contributed by atoms with Gasteiger partial charge >= 0.3 is 0 Å². The van der Waals surface area contributed by atoms with Gasteiger partial charge in [-0.3, -0.25) is 19.9 Å². The number of carbonyl (C=O) groups is 1. The molecule has 4 saturated heterocycles. The summed E-state index contributed by atoms with van der Waals surface area (Å²) in [5.74, 6) is -1.08. The van der Waals surface area contributed by atoms with Crippen molar-refractivity contribution in [2.24, 2.45) is 17.4 Å². The summed E-state index contributed by atoms with van der Waals surface area (Å²) in [5.41, 5.74) is 13.5. The van der Waals surface area contributed by atoms with Crippen molar-refractivity contribution in [3.05, 3.63) is 0 Å². The first-order valence-corrected chi connectivity index (χ1v) is 14.3. The lowest BCUT2D eigenvalue weighted by Crippen LogP contribution is -2.69. The van der Waals surface area contributed by atoms with Crippen LogP contribution in [0.1, 0.15) is 38.5 Å². The van der Waals surface area contributed by atoms with Gasteiger partial charge in [0.15, 0.2) is 18.4 Å². The maximum atomic E-state index is 15.4. The molecule has 5 rings (SSSR count). The molecule has 4 heterocycles. The van der Waals surface area contributed by atoms with Gasteiger partial charge in [-0.1, -0.05) is 0 Å². The molecule has 0 aromatic carbocycles. The molecular weight excluding hydrogens is 480 g/mol. The third-order valence-electron chi connectivity index (χ3n) is 9.07. The van der Waals surface area contributed by atoms with E-state index in [0.29, 0.717) is 12.6 Å². The van der Waals surface area contributed by atoms with E-state index in [1.54, 1.807) is 0 Å². The summed E-state index contributed by atoms with van der Waals surface area (Å²) in [6.45, 7) is 5.82. The van der Waals surface area contributed by atoms with Crippen LogP contribution < -0.4 is 32.7 Å². The summed E-state index contributed by atoms with van der Waals surface area (Å²) in [6.07, 6.45) is 2.44. The summed E-state index contributed by atoms with van der Waals surface area (Å²) in [5, 5.41) is 12.9. The maximum absolute atomic E-state index is 15.4. The Morgan fingerprint density at radius 1 is 1.03 bits per heavy atom. The Kier molecular flexibility index (Phi) is 9.05. The molecule has 1 aliphatic carbocycles. The molecule has 1 amide bonds. The van der Waals surface area contributed by atoms with Gasteiger partial charge in [-0.15, -0.1) is 0 Å². The molecule has 5 aliphatic rings. The lowest BCUT2D eigenvalue weighted by molar-refractivity contribution is -0.595. The fraction of sp³-hybridized carbons (Fsp3) is 0.920. The highest BCUT2D eigenvalue weighted by Crippen LogP contribution is 2.25. The van der Waals surface area contributed by atoms with Gasteiger partial charge in [-0.2, -0.15) is 0 Å². The van der Waals surface area contributed by atoms with Crippen LogP contribution in [0, 0.1) is 5.92 Å². The van der Waals surface area contributed by atoms with Gasteiger partial charge in [0.2, 0.25) is 12.1 Å². The van der Waals surface area contributed by atoms with Crippen LogP contribution >= 0.6 is 0 Å². The van der Waals surface area contributed by atoms with E-state index in [1.165, 1.54) is 0 Å². The van der Waals surface area contributed by atoms with Crippen LogP contribution in [0.2, 0.25) is 0 Å². The molecular formula is C25H46F2N9O+. The van der Waals surface area contributed by atoms with Crippen molar-refractivity contribution in [2.45, 2.75) is 81.3 Å². The van der Waals surface area contributed by atoms with Gasteiger partial charge < -0.3 is 27.4 Å². The minimum atomic E-state index is -1.08. The first-order chi connectivity index (χ1) is 17.9. The molecule has 6 atom stereocenters. The van der Waals surface area contributed by atoms with Gasteiger partial charge in [-0.05, 0) is 25.7 Å². The quantitative estimate of drug-likeness (QED) is 0.178. The van der Waals surface area contributed by atoms with Gasteiger partial charge in [-0.25, -0.2) is 13.4 Å². The number of halogens is 2. The van der Waals surface area contributed by atoms with Crippen LogP contribution in [0.4, 0.5) is 8.78 Å². The van der Waals surface area contributed by atoms with Crippen molar-refractivity contribution in [3.8, 4) is 0 Å². The summed E-state index contributed by atoms with van der Waals surface area (Å²) < 4.78 is 31.7. The molecule has 4 aliphatic heterocycles. The predicted octanol–water partition coefficient (Wildman–Crippen LogP) is -1.74. The molecule has 12 heteroatoms. The zero-order valence-electron chi connectivity index (χ0n) is 21.9. The molecule has 1 saturated carbocycles. The SMILES string of the molecule is NC(N)C(C(=O)NC1CNCC(F)C1N1CCC(N2CCNC2)CC1)C1NCC(F)C[N+]1=C1CCCC1. The molecule has 0 radical (unpaired) electrons. The van der Waals surface area contributed by atoms with E-state index in [9.17, 15) is 9.18 Å². The largest absolute Gasteiger partial charge is 0.350 e. The van der Waals surface area contributed by atoms with Crippen molar-refractivity contribution in [3.63, 3.8) is 0 Å². The first kappa shape index (κ1) is 27.3. The van der Waals surface area contributed by atoms with Crippen LogP contribution in [0.25, 0.3) is 0 Å². The Morgan fingerprint density at radius 2 is 1.78 bits per heavy atom. The number of rotatable bonds is 6. The van der Waals surface area contributed by atoms with Gasteiger partial charge in [0.25, 0.3) is 0 Å². The lowest BCUT2D eigenvalue weighted by atomic mass is 9.92. The highest BCUT2D eigenvalue weighted by Gasteiger charge is 2.47. The number of hydrogen-bond donors (Lipinski definition) is 6. The summed E-state index contributed by atoms with van der Waals surface area (Å²) in [6, 6.07) is -0.269. The topological polar surface area (TPSA) is 127 Å². The van der Waals surface area contributed by atoms with Crippen molar-refractivity contribution in [2.75, 3.05) is 59.0 Å². The van der Waals surface area contributed by atoms with Crippen molar-refractivity contribution in [1.82, 2.24) is 31.1 Å². The van der Waals surface area contributed by atoms with Crippen LogP contribution in [-0.2, 0) is 4.79 Å². The molecule has 10 nitrogen and oxygen atoms in total. The van der Waals surface area contributed by atoms with E-state index in [0.717, 1.165) is 77.1 Å². The van der Waals surface area contributed by atoms with Crippen LogP contribution in [0.15, 0.2) is 0 Å². The number of nitrogens with one attached hydrogen (secondary N) is 4. The molecule has 37 heavy (non-hydrogen) atoms. The van der Waals surface area contributed by atoms with E-state index >= 15 is 4.39 Å². The fourth-order valence-corrected chi connectivity index (χ4v) is 7.15. The zero-order valence-corrected chi connectivity index (χ0v) is 21.9. The highest BCUT2D eigenvalue weighted by atomic mass is 19.1. The van der Waals surface area contributed by atoms with Crippen molar-refractivity contribution >= 4 is 11.6 Å². The lowest BCUT2D eigenvalue weighted by Gasteiger charge is -2.46. The number of piperidine rings is 2. The zero-order chi connectivity index (χ0) is 25.9. The molecule has 0 bridgehead atoms. The number of nitrogens with zero attached hydrogens (tertiary/aromatic N) is 3. The standard InChI is InChI=1S/C25H45F2N9O/c26-16-11-32-24(36(14-16)18-3-1-2-4-18)21(23(28)29)25(37)33-20-13-31-12-19(27)22(20)34-8-5-17(6-9-34)35-10-7-30-15-35/h16-17,19-24,30-32H,1-15,28-29H2/p+1. The number of likely N-dealkylation sites (tertiary alicyclic amines) is 1. The molecule has 0 spiro atoms. The predicted molar refractivity (Wildman–Crippen MR) is 139 cm³/mol. The Bertz CT molecular complexity index is 808. The average molecular weight is 527 g/mol. The number of nitrogens with two attached hydrogens (primary N) is 2. The van der Waals surface area contributed by atoms with E-state index in [2.05, 4.69) is 31.1 Å². The number of carbonyl (C=O) groups excluding carboxylic acids is 1. The number of alkyl halides is 2. The van der Waals surface area contributed by atoms with Crippen LogP contribution in [-0.4, -0.2) is 128 Å². The minimum absolute atomic E-state index is 0.159. The summed E-state index contributed by atoms with van der Waals surface area (Å²) in [4.78, 5) is 18.4. The molecule has 5 fully saturated rings. The molecule has 0 aromatic rings. The van der Waals surface area contributed by atoms with Gasteiger partial charge in [0.1, 0.15) is 12.1 Å². The third-order valence-corrected chi connectivity index (χ3v) is 9.07. The van der Waals surface area contributed by atoms with Gasteiger partial charge in [0, 0.05) is 71.4 Å². The number of hydrogen-bond acceptors (Lipinski definition) is 8. The summed E-state index contributed by atoms with van der Waals surface area (Å²) in [7, 11) is 0. The molecule has 210 valence electrons. The maximum Gasteiger partial charge on any atom is 0.234 e. The second-order valence-electron chi connectivity index (χ2n) is 11.5. The molecule has 8 N–H and O–H groups in total. The fourth-order valence-electron chi connectivity index (χ4n) is 7.15. The highest BCUT2D eigenvalue weighted by molar-refractivity contribution is 5.83. The average Bonchev–Trinajstić information content (AvgIpc) is 3.60. The van der Waals surface area contributed by atoms with Crippen LogP contribution in [0.5, 0.6) is 0 Å². The van der Waals surface area contributed by atoms with Crippen molar-refractivity contribution in [1.29, 1.82) is 0 Å². The minimum Gasteiger partial charge on any atom is -0.350 e. The Labute approximate surface area is 218 Å². The molecule has 6 unspecified atom stereocenters. The normalized spacial score (nSPS) is 35.9. The second kappa shape index (κ2) is 12.3. The smallest absolute Gasteiger partial charge is 0.234 e. The van der Waals surface area contributed by atoms with Gasteiger partial charge in [0.05, 0.1) is 18.2 Å². The number of amides is 1. The Hall–Kier alpha value is -1.28. The van der Waals surface area contributed by atoms with Crippen molar-refractivity contribution < 1.29 is 18.2 Å². The summed E-state index contributed by atoms with van der Waals surface area (Å²) >= 11 is 0. The van der Waals surface area contributed by atoms with E-state index in [-0.39, 0.29) is 25.5 Å². The van der Waals surface area contributed by atoms with E-state index in [4.69, 9.17) is 11.5 Å². The first-order valence-electron chi connectivity index (χ1n) is 14.3. The monoisotopic (exact) mass is 526 g/mol. The van der Waals surface area contributed by atoms with E-state index in [1.807, 2.05) is 4.58 Å². The third kappa shape index (κ3) is 6.15. The van der Waals surface area contributed by atoms with E-state index < -0.39 is 42.7 Å².